The highest BCUT2D eigenvalue weighted by Crippen LogP contribution is 2.23. The van der Waals surface area contributed by atoms with Crippen molar-refractivity contribution in [2.45, 2.75) is 31.3 Å². The van der Waals surface area contributed by atoms with Gasteiger partial charge in [-0.15, -0.1) is 0 Å². The number of ether oxygens (including phenoxy) is 1. The molecule has 1 N–H and O–H groups in total. The fourth-order valence-electron chi connectivity index (χ4n) is 3.33. The van der Waals surface area contributed by atoms with E-state index in [1.165, 1.54) is 12.1 Å². The number of methoxy groups -OCH3 is 1. The molecule has 24 heavy (non-hydrogen) atoms. The summed E-state index contributed by atoms with van der Waals surface area (Å²) in [6.45, 7) is 0.594. The van der Waals surface area contributed by atoms with Crippen molar-refractivity contribution in [1.29, 1.82) is 0 Å². The number of esters is 1. The molecule has 7 nitrogen and oxygen atoms in total. The Morgan fingerprint density at radius 2 is 2.08 bits per heavy atom. The van der Waals surface area contributed by atoms with Crippen LogP contribution in [-0.2, 0) is 25.5 Å². The van der Waals surface area contributed by atoms with Crippen molar-refractivity contribution in [3.05, 3.63) is 35.9 Å². The maximum absolute atomic E-state index is 12.9. The molecule has 2 aliphatic rings. The van der Waals surface area contributed by atoms with Crippen LogP contribution in [0, 0.1) is 0 Å². The molecule has 0 spiro atoms. The Morgan fingerprint density at radius 3 is 2.79 bits per heavy atom. The van der Waals surface area contributed by atoms with Crippen molar-refractivity contribution in [3.63, 3.8) is 0 Å². The van der Waals surface area contributed by atoms with Crippen LogP contribution >= 0.6 is 0 Å². The van der Waals surface area contributed by atoms with Crippen LogP contribution in [0.4, 0.5) is 0 Å². The number of benzene rings is 1. The van der Waals surface area contributed by atoms with Crippen molar-refractivity contribution in [2.75, 3.05) is 20.2 Å². The molecule has 2 aliphatic heterocycles. The van der Waals surface area contributed by atoms with Crippen molar-refractivity contribution in [3.8, 4) is 0 Å². The third-order valence-corrected chi connectivity index (χ3v) is 4.55. The molecule has 128 valence electrons. The number of nitrogens with zero attached hydrogens (tertiary/aromatic N) is 2. The van der Waals surface area contributed by atoms with Gasteiger partial charge in [-0.05, 0) is 18.4 Å². The number of rotatable bonds is 4. The highest BCUT2D eigenvalue weighted by molar-refractivity contribution is 5.93. The molecule has 3 rings (SSSR count). The minimum Gasteiger partial charge on any atom is -0.467 e. The van der Waals surface area contributed by atoms with Crippen molar-refractivity contribution >= 4 is 17.8 Å². The summed E-state index contributed by atoms with van der Waals surface area (Å²) in [6, 6.07) is 8.14. The number of amides is 2. The lowest BCUT2D eigenvalue weighted by Crippen LogP contribution is -2.56. The van der Waals surface area contributed by atoms with Gasteiger partial charge in [-0.1, -0.05) is 30.3 Å². The summed E-state index contributed by atoms with van der Waals surface area (Å²) < 4.78 is 4.89. The van der Waals surface area contributed by atoms with Crippen LogP contribution in [0.3, 0.4) is 0 Å². The van der Waals surface area contributed by atoms with Crippen LogP contribution in [0.25, 0.3) is 0 Å². The number of carbonyl (C=O) groups excluding carboxylic acids is 3. The van der Waals surface area contributed by atoms with Crippen molar-refractivity contribution in [2.24, 2.45) is 0 Å². The average Bonchev–Trinajstić information content (AvgIpc) is 3.06. The smallest absolute Gasteiger partial charge is 0.330 e. The molecule has 0 aliphatic carbocycles. The highest BCUT2D eigenvalue weighted by atomic mass is 16.5. The fourth-order valence-corrected chi connectivity index (χ4v) is 3.33. The predicted molar refractivity (Wildman–Crippen MR) is 85.5 cm³/mol. The summed E-state index contributed by atoms with van der Waals surface area (Å²) >= 11 is 0. The zero-order chi connectivity index (χ0) is 17.1. The van der Waals surface area contributed by atoms with Crippen LogP contribution in [0.5, 0.6) is 0 Å². The molecule has 2 heterocycles. The lowest BCUT2D eigenvalue weighted by Gasteiger charge is -2.30. The SMILES string of the molecule is COC(=O)C(Cc1ccccc1)N1NCC(=O)N2CCCC2C1=O. The molecule has 2 atom stereocenters. The molecule has 2 saturated heterocycles. The molecule has 1 aromatic carbocycles. The van der Waals surface area contributed by atoms with Crippen LogP contribution in [0.1, 0.15) is 18.4 Å². The molecule has 2 fully saturated rings. The van der Waals surface area contributed by atoms with Gasteiger partial charge in [0, 0.05) is 13.0 Å². The standard InChI is InChI=1S/C17H21N3O4/c1-24-17(23)14(10-12-6-3-2-4-7-12)20-16(22)13-8-5-9-19(13)15(21)11-18-20/h2-4,6-7,13-14,18H,5,8-11H2,1H3. The largest absolute Gasteiger partial charge is 0.467 e. The van der Waals surface area contributed by atoms with Gasteiger partial charge in [0.1, 0.15) is 12.1 Å². The van der Waals surface area contributed by atoms with Gasteiger partial charge < -0.3 is 9.64 Å². The Kier molecular flexibility index (Phi) is 4.80. The van der Waals surface area contributed by atoms with E-state index in [2.05, 4.69) is 5.43 Å². The van der Waals surface area contributed by atoms with E-state index in [1.807, 2.05) is 30.3 Å². The predicted octanol–water partition coefficient (Wildman–Crippen LogP) is 0.109. The second-order valence-electron chi connectivity index (χ2n) is 6.02. The second-order valence-corrected chi connectivity index (χ2v) is 6.02. The van der Waals surface area contributed by atoms with E-state index in [0.29, 0.717) is 19.4 Å². The minimum absolute atomic E-state index is 0.00449. The molecule has 7 heteroatoms. The number of carbonyl (C=O) groups is 3. The van der Waals surface area contributed by atoms with Crippen LogP contribution in [-0.4, -0.2) is 60.0 Å². The Balaban J connectivity index is 1.87. The van der Waals surface area contributed by atoms with Gasteiger partial charge >= 0.3 is 5.97 Å². The van der Waals surface area contributed by atoms with Gasteiger partial charge in [0.2, 0.25) is 5.91 Å². The van der Waals surface area contributed by atoms with E-state index < -0.39 is 18.1 Å². The first-order valence-electron chi connectivity index (χ1n) is 8.09. The number of nitrogens with one attached hydrogen (secondary N) is 1. The topological polar surface area (TPSA) is 79.0 Å². The van der Waals surface area contributed by atoms with Crippen molar-refractivity contribution in [1.82, 2.24) is 15.3 Å². The molecule has 2 amide bonds. The molecule has 0 radical (unpaired) electrons. The maximum atomic E-state index is 12.9. The molecule has 1 aromatic rings. The van der Waals surface area contributed by atoms with Gasteiger partial charge in [0.25, 0.3) is 5.91 Å². The first-order valence-corrected chi connectivity index (χ1v) is 8.09. The summed E-state index contributed by atoms with van der Waals surface area (Å²) in [5, 5.41) is 1.30. The van der Waals surface area contributed by atoms with E-state index in [9.17, 15) is 14.4 Å². The zero-order valence-corrected chi connectivity index (χ0v) is 13.6. The summed E-state index contributed by atoms with van der Waals surface area (Å²) in [5.74, 6) is -0.861. The minimum atomic E-state index is -0.807. The summed E-state index contributed by atoms with van der Waals surface area (Å²) in [4.78, 5) is 39.0. The van der Waals surface area contributed by atoms with Gasteiger partial charge in [0.05, 0.1) is 13.7 Å². The molecule has 0 saturated carbocycles. The van der Waals surface area contributed by atoms with E-state index >= 15 is 0 Å². The van der Waals surface area contributed by atoms with E-state index in [0.717, 1.165) is 12.0 Å². The monoisotopic (exact) mass is 331 g/mol. The maximum Gasteiger partial charge on any atom is 0.330 e. The van der Waals surface area contributed by atoms with Gasteiger partial charge in [0.15, 0.2) is 0 Å². The van der Waals surface area contributed by atoms with Gasteiger partial charge in [-0.25, -0.2) is 10.2 Å². The van der Waals surface area contributed by atoms with Crippen LogP contribution in [0.15, 0.2) is 30.3 Å². The lowest BCUT2D eigenvalue weighted by molar-refractivity contribution is -0.156. The van der Waals surface area contributed by atoms with Gasteiger partial charge in [-0.3, -0.25) is 14.6 Å². The number of fused-ring (bicyclic) bond motifs is 1. The molecule has 0 aromatic heterocycles. The number of hydrogen-bond acceptors (Lipinski definition) is 5. The molecule has 0 bridgehead atoms. The average molecular weight is 331 g/mol. The summed E-state index contributed by atoms with van der Waals surface area (Å²) in [5.41, 5.74) is 3.75. The molecular formula is C17H21N3O4. The zero-order valence-electron chi connectivity index (χ0n) is 13.6. The fraction of sp³-hybridized carbons (Fsp3) is 0.471. The Labute approximate surface area is 140 Å². The molecule has 2 unspecified atom stereocenters. The van der Waals surface area contributed by atoms with Crippen LogP contribution in [0.2, 0.25) is 0 Å². The second kappa shape index (κ2) is 7.00. The summed E-state index contributed by atoms with van der Waals surface area (Å²) in [7, 11) is 1.30. The third kappa shape index (κ3) is 3.12. The normalized spacial score (nSPS) is 22.1. The quantitative estimate of drug-likeness (QED) is 0.792. The first-order chi connectivity index (χ1) is 11.6. The van der Waals surface area contributed by atoms with Crippen molar-refractivity contribution < 1.29 is 19.1 Å². The molecular weight excluding hydrogens is 310 g/mol. The number of hydrogen-bond donors (Lipinski definition) is 1. The lowest BCUT2D eigenvalue weighted by atomic mass is 10.0. The highest BCUT2D eigenvalue weighted by Gasteiger charge is 2.43. The number of hydrazine groups is 1. The van der Waals surface area contributed by atoms with E-state index in [-0.39, 0.29) is 18.4 Å². The van der Waals surface area contributed by atoms with Gasteiger partial charge in [-0.2, -0.15) is 0 Å². The van der Waals surface area contributed by atoms with E-state index in [4.69, 9.17) is 4.74 Å². The summed E-state index contributed by atoms with van der Waals surface area (Å²) in [6.07, 6.45) is 1.76. The van der Waals surface area contributed by atoms with E-state index in [1.54, 1.807) is 4.90 Å². The Morgan fingerprint density at radius 1 is 1.33 bits per heavy atom. The first kappa shape index (κ1) is 16.4. The Bertz CT molecular complexity index is 634. The Hall–Kier alpha value is -2.41. The van der Waals surface area contributed by atoms with Crippen LogP contribution < -0.4 is 5.43 Å². The third-order valence-electron chi connectivity index (χ3n) is 4.55.